The summed E-state index contributed by atoms with van der Waals surface area (Å²) < 4.78 is 4.68. The van der Waals surface area contributed by atoms with E-state index in [0.29, 0.717) is 0 Å². The molecule has 0 amide bonds. The minimum Gasteiger partial charge on any atom is -0.309 e. The summed E-state index contributed by atoms with van der Waals surface area (Å²) >= 11 is 1.78. The van der Waals surface area contributed by atoms with Crippen LogP contribution >= 0.6 is 11.3 Å². The molecule has 0 aliphatic carbocycles. The summed E-state index contributed by atoms with van der Waals surface area (Å²) in [6, 6.07) is 62.5. The van der Waals surface area contributed by atoms with Gasteiger partial charge >= 0.3 is 0 Å². The van der Waals surface area contributed by atoms with E-state index in [1.54, 1.807) is 11.3 Å². The van der Waals surface area contributed by atoms with E-state index in [1.807, 2.05) is 18.2 Å². The largest absolute Gasteiger partial charge is 0.309 e. The number of rotatable bonds is 5. The molecule has 0 spiro atoms. The van der Waals surface area contributed by atoms with Crippen molar-refractivity contribution >= 4 is 53.4 Å². The van der Waals surface area contributed by atoms with Crippen molar-refractivity contribution in [3.05, 3.63) is 176 Å². The summed E-state index contributed by atoms with van der Waals surface area (Å²) in [6.45, 7) is 0. The van der Waals surface area contributed by atoms with Crippen molar-refractivity contribution in [3.8, 4) is 50.6 Å². The molecule has 50 heavy (non-hydrogen) atoms. The van der Waals surface area contributed by atoms with Crippen molar-refractivity contribution in [3.63, 3.8) is 0 Å². The molecule has 0 bridgehead atoms. The molecule has 4 heteroatoms. The van der Waals surface area contributed by atoms with Gasteiger partial charge in [0, 0.05) is 37.7 Å². The van der Waals surface area contributed by atoms with E-state index in [9.17, 15) is 0 Å². The van der Waals surface area contributed by atoms with Crippen molar-refractivity contribution in [2.45, 2.75) is 0 Å². The monoisotopic (exact) mass is 655 g/mol. The van der Waals surface area contributed by atoms with Crippen LogP contribution in [0.5, 0.6) is 0 Å². The fourth-order valence-corrected chi connectivity index (χ4v) is 8.53. The van der Waals surface area contributed by atoms with Crippen molar-refractivity contribution < 1.29 is 0 Å². The molecule has 0 unspecified atom stereocenters. The second-order valence-corrected chi connectivity index (χ2v) is 13.6. The fourth-order valence-electron chi connectivity index (χ4n) is 7.25. The fraction of sp³-hybridized carbons (Fsp3) is 0. The van der Waals surface area contributed by atoms with Gasteiger partial charge in [-0.05, 0) is 46.5 Å². The maximum absolute atomic E-state index is 5.23. The van der Waals surface area contributed by atoms with E-state index in [2.05, 4.69) is 162 Å². The van der Waals surface area contributed by atoms with Gasteiger partial charge in [0.25, 0.3) is 0 Å². The van der Waals surface area contributed by atoms with E-state index >= 15 is 0 Å². The van der Waals surface area contributed by atoms with Gasteiger partial charge in [0.15, 0.2) is 5.82 Å². The highest BCUT2D eigenvalue weighted by atomic mass is 32.1. The van der Waals surface area contributed by atoms with Gasteiger partial charge < -0.3 is 4.57 Å². The molecule has 7 aromatic carbocycles. The molecular formula is C46H29N3S. The molecule has 0 aliphatic heterocycles. The van der Waals surface area contributed by atoms with Crippen molar-refractivity contribution in [1.29, 1.82) is 0 Å². The maximum atomic E-state index is 5.23. The Bertz CT molecular complexity index is 2780. The number of benzene rings is 7. The molecule has 234 valence electrons. The lowest BCUT2D eigenvalue weighted by Crippen LogP contribution is -1.93. The lowest BCUT2D eigenvalue weighted by molar-refractivity contribution is 1.18. The van der Waals surface area contributed by atoms with E-state index < -0.39 is 0 Å². The maximum Gasteiger partial charge on any atom is 0.160 e. The van der Waals surface area contributed by atoms with Gasteiger partial charge in [-0.15, -0.1) is 11.3 Å². The number of nitrogens with zero attached hydrogens (tertiary/aromatic N) is 3. The molecule has 3 aromatic heterocycles. The third-order valence-corrected chi connectivity index (χ3v) is 10.9. The Morgan fingerprint density at radius 1 is 0.380 bits per heavy atom. The smallest absolute Gasteiger partial charge is 0.160 e. The van der Waals surface area contributed by atoms with Crippen LogP contribution in [0.4, 0.5) is 0 Å². The SMILES string of the molecule is c1ccc(-c2ccc(-c3nc(-c4ccccc4)nc4c3sc3c(-c5ccc(-n6c7ccccc7c7ccccc76)cc5)cccc34)cc2)cc1. The number of hydrogen-bond acceptors (Lipinski definition) is 3. The summed E-state index contributed by atoms with van der Waals surface area (Å²) in [6.07, 6.45) is 0. The van der Waals surface area contributed by atoms with Gasteiger partial charge in [-0.3, -0.25) is 0 Å². The predicted octanol–water partition coefficient (Wildman–Crippen LogP) is 12.6. The second kappa shape index (κ2) is 11.7. The number of hydrogen-bond donors (Lipinski definition) is 0. The second-order valence-electron chi connectivity index (χ2n) is 12.6. The average Bonchev–Trinajstić information content (AvgIpc) is 3.74. The third-order valence-electron chi connectivity index (χ3n) is 9.65. The minimum atomic E-state index is 0.737. The third kappa shape index (κ3) is 4.65. The minimum absolute atomic E-state index is 0.737. The summed E-state index contributed by atoms with van der Waals surface area (Å²) in [5, 5.41) is 3.68. The molecule has 0 aliphatic rings. The van der Waals surface area contributed by atoms with Gasteiger partial charge in [0.2, 0.25) is 0 Å². The standard InChI is InChI=1S/C46H29N3S/c1-3-12-30(13-4-1)31-22-24-33(25-23-31)42-45-43(48-46(47-42)34-14-5-2-6-15-34)39-19-11-18-36(44(39)50-45)32-26-28-35(29-27-32)49-40-20-9-7-16-37(40)38-17-8-10-21-41(38)49/h1-29H. The van der Waals surface area contributed by atoms with E-state index in [0.717, 1.165) is 43.9 Å². The van der Waals surface area contributed by atoms with Crippen molar-refractivity contribution in [1.82, 2.24) is 14.5 Å². The average molecular weight is 656 g/mol. The van der Waals surface area contributed by atoms with Crippen LogP contribution in [0.3, 0.4) is 0 Å². The van der Waals surface area contributed by atoms with Gasteiger partial charge in [0.1, 0.15) is 0 Å². The first-order chi connectivity index (χ1) is 24.8. The van der Waals surface area contributed by atoms with Crippen LogP contribution in [-0.2, 0) is 0 Å². The zero-order valence-corrected chi connectivity index (χ0v) is 27.8. The van der Waals surface area contributed by atoms with Gasteiger partial charge in [-0.1, -0.05) is 152 Å². The molecule has 3 heterocycles. The Balaban J connectivity index is 1.13. The van der Waals surface area contributed by atoms with Crippen molar-refractivity contribution in [2.24, 2.45) is 0 Å². The molecule has 0 atom stereocenters. The zero-order valence-electron chi connectivity index (χ0n) is 27.0. The van der Waals surface area contributed by atoms with Gasteiger partial charge in [-0.25, -0.2) is 9.97 Å². The zero-order chi connectivity index (χ0) is 33.0. The van der Waals surface area contributed by atoms with Crippen LogP contribution < -0.4 is 0 Å². The summed E-state index contributed by atoms with van der Waals surface area (Å²) in [5.74, 6) is 0.737. The van der Waals surface area contributed by atoms with Crippen LogP contribution in [0, 0.1) is 0 Å². The number of para-hydroxylation sites is 2. The Kier molecular flexibility index (Phi) is 6.68. The molecule has 0 saturated carbocycles. The van der Waals surface area contributed by atoms with E-state index in [-0.39, 0.29) is 0 Å². The lowest BCUT2D eigenvalue weighted by Gasteiger charge is -2.10. The summed E-state index contributed by atoms with van der Waals surface area (Å²) in [4.78, 5) is 10.4. The van der Waals surface area contributed by atoms with Crippen LogP contribution in [-0.4, -0.2) is 14.5 Å². The highest BCUT2D eigenvalue weighted by molar-refractivity contribution is 7.26. The first kappa shape index (κ1) is 28.6. The topological polar surface area (TPSA) is 30.7 Å². The lowest BCUT2D eigenvalue weighted by atomic mass is 10.0. The summed E-state index contributed by atoms with van der Waals surface area (Å²) in [5.41, 5.74) is 12.4. The summed E-state index contributed by atoms with van der Waals surface area (Å²) in [7, 11) is 0. The first-order valence-electron chi connectivity index (χ1n) is 16.8. The Labute approximate surface area is 293 Å². The Morgan fingerprint density at radius 3 is 1.60 bits per heavy atom. The normalized spacial score (nSPS) is 11.6. The highest BCUT2D eigenvalue weighted by Gasteiger charge is 2.19. The number of aromatic nitrogens is 3. The molecule has 0 N–H and O–H groups in total. The predicted molar refractivity (Wildman–Crippen MR) is 211 cm³/mol. The highest BCUT2D eigenvalue weighted by Crippen LogP contribution is 2.44. The molecule has 0 saturated heterocycles. The molecule has 3 nitrogen and oxygen atoms in total. The van der Waals surface area contributed by atoms with E-state index in [4.69, 9.17) is 9.97 Å². The van der Waals surface area contributed by atoms with Crippen LogP contribution in [0.25, 0.3) is 92.7 Å². The molecule has 0 fully saturated rings. The molecule has 0 radical (unpaired) electrons. The molecule has 10 aromatic rings. The van der Waals surface area contributed by atoms with Crippen molar-refractivity contribution in [2.75, 3.05) is 0 Å². The van der Waals surface area contributed by atoms with Gasteiger partial charge in [-0.2, -0.15) is 0 Å². The number of fused-ring (bicyclic) bond motifs is 6. The molecule has 10 rings (SSSR count). The van der Waals surface area contributed by atoms with Gasteiger partial charge in [0.05, 0.1) is 26.9 Å². The van der Waals surface area contributed by atoms with E-state index in [1.165, 1.54) is 48.8 Å². The first-order valence-corrected chi connectivity index (χ1v) is 17.7. The Morgan fingerprint density at radius 2 is 0.920 bits per heavy atom. The Hall–Kier alpha value is -6.36. The van der Waals surface area contributed by atoms with Crippen LogP contribution in [0.15, 0.2) is 176 Å². The van der Waals surface area contributed by atoms with Crippen LogP contribution in [0.1, 0.15) is 0 Å². The number of thiophene rings is 1. The molecular weight excluding hydrogens is 627 g/mol. The van der Waals surface area contributed by atoms with Crippen LogP contribution in [0.2, 0.25) is 0 Å². The quantitative estimate of drug-likeness (QED) is 0.185.